The fourth-order valence-electron chi connectivity index (χ4n) is 4.46. The second-order valence-corrected chi connectivity index (χ2v) is 9.33. The Kier molecular flexibility index (Phi) is 7.66. The fourth-order valence-corrected chi connectivity index (χ4v) is 5.07. The van der Waals surface area contributed by atoms with Crippen LogP contribution in [0.5, 0.6) is 0 Å². The molecule has 0 amide bonds. The number of aliphatic hydroxyl groups is 1. The van der Waals surface area contributed by atoms with Crippen molar-refractivity contribution in [3.63, 3.8) is 0 Å². The average Bonchev–Trinajstić information content (AvgIpc) is 2.61. The van der Waals surface area contributed by atoms with E-state index in [2.05, 4.69) is 33.0 Å². The average molecular weight is 429 g/mol. The number of piperidine rings is 1. The highest BCUT2D eigenvalue weighted by Gasteiger charge is 2.22. The van der Waals surface area contributed by atoms with Crippen LogP contribution in [-0.2, 0) is 6.42 Å². The highest BCUT2D eigenvalue weighted by Crippen LogP contribution is 2.30. The lowest BCUT2D eigenvalue weighted by Crippen LogP contribution is -2.35. The Morgan fingerprint density at radius 1 is 1.04 bits per heavy atom. The van der Waals surface area contributed by atoms with Gasteiger partial charge in [-0.25, -0.2) is 0 Å². The lowest BCUT2D eigenvalue weighted by molar-refractivity contribution is 0.103. The van der Waals surface area contributed by atoms with Crippen LogP contribution in [0.25, 0.3) is 0 Å². The van der Waals surface area contributed by atoms with Gasteiger partial charge in [-0.15, -0.1) is 0 Å². The van der Waals surface area contributed by atoms with E-state index in [1.165, 1.54) is 68.2 Å². The quantitative estimate of drug-likeness (QED) is 0.629. The molecule has 2 fully saturated rings. The fraction of sp³-hybridized carbons (Fsp3) is 0.714. The number of likely N-dealkylation sites (tertiary alicyclic amines) is 1. The van der Waals surface area contributed by atoms with E-state index in [9.17, 15) is 5.11 Å². The Labute approximate surface area is 166 Å². The van der Waals surface area contributed by atoms with Crippen LogP contribution in [0, 0.1) is 11.8 Å². The third-order valence-electron chi connectivity index (χ3n) is 6.13. The molecule has 3 rings (SSSR count). The Morgan fingerprint density at radius 2 is 1.76 bits per heavy atom. The highest BCUT2D eigenvalue weighted by molar-refractivity contribution is 9.10. The van der Waals surface area contributed by atoms with E-state index in [4.69, 9.17) is 11.6 Å². The van der Waals surface area contributed by atoms with Crippen molar-refractivity contribution in [2.24, 2.45) is 11.8 Å². The molecule has 0 spiro atoms. The van der Waals surface area contributed by atoms with Crippen LogP contribution < -0.4 is 0 Å². The molecule has 1 aliphatic heterocycles. The van der Waals surface area contributed by atoms with Gasteiger partial charge in [-0.1, -0.05) is 27.5 Å². The number of hydrogen-bond acceptors (Lipinski definition) is 2. The van der Waals surface area contributed by atoms with Crippen molar-refractivity contribution >= 4 is 27.5 Å². The van der Waals surface area contributed by atoms with Crippen LogP contribution in [0.2, 0.25) is 5.02 Å². The van der Waals surface area contributed by atoms with E-state index < -0.39 is 0 Å². The summed E-state index contributed by atoms with van der Waals surface area (Å²) in [6.45, 7) is 3.74. The van der Waals surface area contributed by atoms with Crippen molar-refractivity contribution in [2.75, 3.05) is 19.6 Å². The lowest BCUT2D eigenvalue weighted by atomic mass is 9.84. The summed E-state index contributed by atoms with van der Waals surface area (Å²) < 4.78 is 1.19. The molecule has 0 bridgehead atoms. The summed E-state index contributed by atoms with van der Waals surface area (Å²) in [4.78, 5) is 2.65. The predicted molar refractivity (Wildman–Crippen MR) is 109 cm³/mol. The number of hydrogen-bond donors (Lipinski definition) is 1. The zero-order valence-electron chi connectivity index (χ0n) is 15.1. The second-order valence-electron chi connectivity index (χ2n) is 8.04. The molecule has 25 heavy (non-hydrogen) atoms. The molecule has 2 aliphatic rings. The monoisotopic (exact) mass is 427 g/mol. The first-order valence-electron chi connectivity index (χ1n) is 9.94. The number of halogens is 2. The van der Waals surface area contributed by atoms with Gasteiger partial charge >= 0.3 is 0 Å². The van der Waals surface area contributed by atoms with Crippen molar-refractivity contribution < 1.29 is 5.11 Å². The predicted octanol–water partition coefficient (Wildman–Crippen LogP) is 5.69. The van der Waals surface area contributed by atoms with Crippen LogP contribution >= 0.6 is 27.5 Å². The minimum absolute atomic E-state index is 0.0187. The molecule has 1 heterocycles. The summed E-state index contributed by atoms with van der Waals surface area (Å²) >= 11 is 9.80. The summed E-state index contributed by atoms with van der Waals surface area (Å²) in [5, 5.41) is 10.4. The van der Waals surface area contributed by atoms with Crippen molar-refractivity contribution in [3.05, 3.63) is 33.3 Å². The van der Waals surface area contributed by atoms with Gasteiger partial charge in [-0.05, 0) is 113 Å². The normalized spacial score (nSPS) is 26.0. The maximum absolute atomic E-state index is 9.60. The molecule has 1 aliphatic carbocycles. The van der Waals surface area contributed by atoms with E-state index >= 15 is 0 Å². The van der Waals surface area contributed by atoms with E-state index in [0.717, 1.165) is 36.1 Å². The first-order chi connectivity index (χ1) is 12.1. The van der Waals surface area contributed by atoms with Gasteiger partial charge in [0.1, 0.15) is 0 Å². The van der Waals surface area contributed by atoms with Gasteiger partial charge in [0.2, 0.25) is 0 Å². The molecule has 1 aromatic rings. The van der Waals surface area contributed by atoms with Crippen molar-refractivity contribution in [3.8, 4) is 0 Å². The zero-order valence-corrected chi connectivity index (χ0v) is 17.4. The number of nitrogens with zero attached hydrogens (tertiary/aromatic N) is 1. The summed E-state index contributed by atoms with van der Waals surface area (Å²) in [6, 6.07) is 6.13. The largest absolute Gasteiger partial charge is 0.393 e. The maximum Gasteiger partial charge on any atom is 0.0540 e. The molecule has 140 valence electrons. The third kappa shape index (κ3) is 6.23. The Morgan fingerprint density at radius 3 is 2.48 bits per heavy atom. The van der Waals surface area contributed by atoms with Gasteiger partial charge in [0.05, 0.1) is 6.10 Å². The molecular weight excluding hydrogens is 398 g/mol. The van der Waals surface area contributed by atoms with E-state index in [1.54, 1.807) is 0 Å². The molecule has 1 saturated heterocycles. The molecule has 0 aromatic heterocycles. The minimum Gasteiger partial charge on any atom is -0.393 e. The molecule has 1 saturated carbocycles. The van der Waals surface area contributed by atoms with Crippen LogP contribution in [0.3, 0.4) is 0 Å². The Hall–Kier alpha value is -0.0900. The lowest BCUT2D eigenvalue weighted by Gasteiger charge is -2.33. The minimum atomic E-state index is -0.0187. The third-order valence-corrected chi connectivity index (χ3v) is 7.14. The SMILES string of the molecule is OC1CCC(CCCN2CCC(Cc3cc(Cl)ccc3Br)CC2)CC1. The topological polar surface area (TPSA) is 23.5 Å². The van der Waals surface area contributed by atoms with E-state index in [0.29, 0.717) is 0 Å². The van der Waals surface area contributed by atoms with Crippen LogP contribution in [0.4, 0.5) is 0 Å². The van der Waals surface area contributed by atoms with Crippen LogP contribution in [0.1, 0.15) is 56.9 Å². The summed E-state index contributed by atoms with van der Waals surface area (Å²) in [5.74, 6) is 1.65. The smallest absolute Gasteiger partial charge is 0.0540 e. The molecule has 0 unspecified atom stereocenters. The molecule has 1 N–H and O–H groups in total. The summed E-state index contributed by atoms with van der Waals surface area (Å²) in [5.41, 5.74) is 1.35. The first kappa shape index (κ1) is 19.7. The first-order valence-corrected chi connectivity index (χ1v) is 11.1. The van der Waals surface area contributed by atoms with Crippen molar-refractivity contribution in [1.29, 1.82) is 0 Å². The Balaban J connectivity index is 1.34. The maximum atomic E-state index is 9.60. The van der Waals surface area contributed by atoms with E-state index in [1.807, 2.05) is 6.07 Å². The Bertz CT molecular complexity index is 537. The standard InChI is InChI=1S/C21H31BrClNO/c22-21-8-5-19(23)15-18(21)14-17-9-12-24(13-10-17)11-1-2-16-3-6-20(25)7-4-16/h5,8,15-17,20,25H,1-4,6-7,9-14H2. The zero-order chi connectivity index (χ0) is 17.6. The molecule has 0 atom stereocenters. The summed E-state index contributed by atoms with van der Waals surface area (Å²) in [7, 11) is 0. The number of aliphatic hydroxyl groups excluding tert-OH is 1. The van der Waals surface area contributed by atoms with Gasteiger partial charge in [0.25, 0.3) is 0 Å². The van der Waals surface area contributed by atoms with Crippen LogP contribution in [-0.4, -0.2) is 35.7 Å². The molecule has 0 radical (unpaired) electrons. The van der Waals surface area contributed by atoms with Gasteiger partial charge in [0, 0.05) is 9.50 Å². The van der Waals surface area contributed by atoms with E-state index in [-0.39, 0.29) is 6.10 Å². The van der Waals surface area contributed by atoms with Crippen molar-refractivity contribution in [2.45, 2.75) is 63.9 Å². The molecular formula is C21H31BrClNO. The molecule has 1 aromatic carbocycles. The number of rotatable bonds is 6. The summed E-state index contributed by atoms with van der Waals surface area (Å²) in [6.07, 6.45) is 10.9. The second kappa shape index (κ2) is 9.73. The van der Waals surface area contributed by atoms with Crippen molar-refractivity contribution in [1.82, 2.24) is 4.90 Å². The van der Waals surface area contributed by atoms with Gasteiger partial charge in [-0.2, -0.15) is 0 Å². The van der Waals surface area contributed by atoms with Gasteiger partial charge in [0.15, 0.2) is 0 Å². The molecule has 2 nitrogen and oxygen atoms in total. The molecule has 4 heteroatoms. The van der Waals surface area contributed by atoms with Crippen LogP contribution in [0.15, 0.2) is 22.7 Å². The van der Waals surface area contributed by atoms with Gasteiger partial charge < -0.3 is 10.0 Å². The highest BCUT2D eigenvalue weighted by atomic mass is 79.9. The number of benzene rings is 1. The van der Waals surface area contributed by atoms with Gasteiger partial charge in [-0.3, -0.25) is 0 Å².